The highest BCUT2D eigenvalue weighted by atomic mass is 32.2. The zero-order valence-corrected chi connectivity index (χ0v) is 12.8. The number of carbonyl (C=O) groups is 2. The van der Waals surface area contributed by atoms with Crippen LogP contribution < -0.4 is 11.1 Å². The molecule has 0 heterocycles. The summed E-state index contributed by atoms with van der Waals surface area (Å²) in [6.07, 6.45) is 0.475. The number of nitrogens with two attached hydrogens (primary N) is 1. The van der Waals surface area contributed by atoms with Crippen LogP contribution in [0.2, 0.25) is 0 Å². The molecule has 0 aromatic rings. The van der Waals surface area contributed by atoms with Gasteiger partial charge in [-0.1, -0.05) is 34.6 Å². The molecule has 106 valence electrons. The number of primary amides is 1. The van der Waals surface area contributed by atoms with Gasteiger partial charge in [0.25, 0.3) is 0 Å². The smallest absolute Gasteiger partial charge is 0.230 e. The van der Waals surface area contributed by atoms with Crippen molar-refractivity contribution in [3.05, 3.63) is 0 Å². The Balaban J connectivity index is 4.74. The van der Waals surface area contributed by atoms with E-state index in [9.17, 15) is 9.59 Å². The third kappa shape index (κ3) is 6.40. The summed E-state index contributed by atoms with van der Waals surface area (Å²) >= 11 is 1.50. The number of thioether (sulfide) groups is 1. The summed E-state index contributed by atoms with van der Waals surface area (Å²) in [6.45, 7) is 9.72. The van der Waals surface area contributed by atoms with Gasteiger partial charge in [0.05, 0.1) is 11.3 Å². The van der Waals surface area contributed by atoms with E-state index in [-0.39, 0.29) is 34.9 Å². The Morgan fingerprint density at radius 3 is 2.11 bits per heavy atom. The van der Waals surface area contributed by atoms with E-state index in [0.717, 1.165) is 5.75 Å². The lowest BCUT2D eigenvalue weighted by atomic mass is 9.97. The highest BCUT2D eigenvalue weighted by molar-refractivity contribution is 8.00. The van der Waals surface area contributed by atoms with Crippen LogP contribution in [0.5, 0.6) is 0 Å². The maximum atomic E-state index is 12.1. The summed E-state index contributed by atoms with van der Waals surface area (Å²) in [7, 11) is 0. The zero-order valence-electron chi connectivity index (χ0n) is 12.0. The van der Waals surface area contributed by atoms with E-state index >= 15 is 0 Å². The highest BCUT2D eigenvalue weighted by Gasteiger charge is 2.27. The van der Waals surface area contributed by atoms with Gasteiger partial charge in [-0.25, -0.2) is 0 Å². The minimum atomic E-state index is -0.339. The molecule has 0 aromatic heterocycles. The van der Waals surface area contributed by atoms with Gasteiger partial charge in [0.2, 0.25) is 5.91 Å². The first-order valence-electron chi connectivity index (χ1n) is 6.50. The summed E-state index contributed by atoms with van der Waals surface area (Å²) in [5.41, 5.74) is 5.38. The molecule has 0 aliphatic carbocycles. The molecule has 18 heavy (non-hydrogen) atoms. The standard InChI is InChI=1S/C13H26N2O2S/c1-6-18-11(13(14)17)7-10(15-9(4)5)12(16)8(2)3/h8-11,15H,6-7H2,1-5H3,(H2,14,17). The fraction of sp³-hybridized carbons (Fsp3) is 0.846. The molecular weight excluding hydrogens is 248 g/mol. The van der Waals surface area contributed by atoms with Crippen molar-refractivity contribution in [1.29, 1.82) is 0 Å². The minimum absolute atomic E-state index is 0.0404. The molecule has 0 fully saturated rings. The fourth-order valence-electron chi connectivity index (χ4n) is 1.75. The Morgan fingerprint density at radius 1 is 1.22 bits per heavy atom. The van der Waals surface area contributed by atoms with Gasteiger partial charge in [0, 0.05) is 12.0 Å². The average Bonchev–Trinajstić information content (AvgIpc) is 2.25. The third-order valence-corrected chi connectivity index (χ3v) is 3.74. The van der Waals surface area contributed by atoms with Crippen molar-refractivity contribution >= 4 is 23.5 Å². The van der Waals surface area contributed by atoms with Gasteiger partial charge in [-0.15, -0.1) is 11.8 Å². The van der Waals surface area contributed by atoms with Gasteiger partial charge in [0.1, 0.15) is 0 Å². The van der Waals surface area contributed by atoms with Crippen molar-refractivity contribution in [1.82, 2.24) is 5.32 Å². The number of Topliss-reactive ketones (excluding diaryl/α,β-unsaturated/α-hetero) is 1. The Hall–Kier alpha value is -0.550. The Bertz CT molecular complexity index is 280. The quantitative estimate of drug-likeness (QED) is 0.669. The predicted octanol–water partition coefficient (Wildman–Crippen LogP) is 1.58. The van der Waals surface area contributed by atoms with Crippen LogP contribution in [-0.2, 0) is 9.59 Å². The number of amides is 1. The van der Waals surface area contributed by atoms with Crippen molar-refractivity contribution in [2.75, 3.05) is 5.75 Å². The number of hydrogen-bond donors (Lipinski definition) is 2. The summed E-state index contributed by atoms with van der Waals surface area (Å²) < 4.78 is 0. The van der Waals surface area contributed by atoms with E-state index in [0.29, 0.717) is 6.42 Å². The Morgan fingerprint density at radius 2 is 1.78 bits per heavy atom. The molecule has 1 amide bonds. The molecule has 4 nitrogen and oxygen atoms in total. The molecule has 3 N–H and O–H groups in total. The zero-order chi connectivity index (χ0) is 14.3. The SMILES string of the molecule is CCSC(CC(NC(C)C)C(=O)C(C)C)C(N)=O. The van der Waals surface area contributed by atoms with Crippen molar-refractivity contribution in [2.24, 2.45) is 11.7 Å². The molecule has 2 atom stereocenters. The minimum Gasteiger partial charge on any atom is -0.369 e. The van der Waals surface area contributed by atoms with E-state index in [1.165, 1.54) is 11.8 Å². The topological polar surface area (TPSA) is 72.2 Å². The average molecular weight is 274 g/mol. The number of rotatable bonds is 9. The lowest BCUT2D eigenvalue weighted by molar-refractivity contribution is -0.124. The fourth-order valence-corrected chi connectivity index (χ4v) is 2.65. The molecule has 0 aromatic carbocycles. The van der Waals surface area contributed by atoms with Crippen LogP contribution in [0.15, 0.2) is 0 Å². The molecule has 5 heteroatoms. The Labute approximate surface area is 114 Å². The molecule has 0 aliphatic rings. The van der Waals surface area contributed by atoms with Crippen LogP contribution in [0.4, 0.5) is 0 Å². The van der Waals surface area contributed by atoms with Gasteiger partial charge in [-0.3, -0.25) is 9.59 Å². The maximum absolute atomic E-state index is 12.1. The Kier molecular flexibility index (Phi) is 8.27. The lowest BCUT2D eigenvalue weighted by Gasteiger charge is -2.24. The third-order valence-electron chi connectivity index (χ3n) is 2.58. The monoisotopic (exact) mass is 274 g/mol. The van der Waals surface area contributed by atoms with Crippen LogP contribution in [-0.4, -0.2) is 34.8 Å². The van der Waals surface area contributed by atoms with Gasteiger partial charge in [0.15, 0.2) is 5.78 Å². The summed E-state index contributed by atoms with van der Waals surface area (Å²) in [5, 5.41) is 2.94. The first-order chi connectivity index (χ1) is 8.29. The lowest BCUT2D eigenvalue weighted by Crippen LogP contribution is -2.46. The first-order valence-corrected chi connectivity index (χ1v) is 7.55. The van der Waals surface area contributed by atoms with E-state index in [1.54, 1.807) is 0 Å². The molecule has 2 unspecified atom stereocenters. The van der Waals surface area contributed by atoms with Gasteiger partial charge in [-0.05, 0) is 12.2 Å². The summed E-state index contributed by atoms with van der Waals surface area (Å²) in [6, 6.07) is -0.0839. The van der Waals surface area contributed by atoms with Gasteiger partial charge in [-0.2, -0.15) is 0 Å². The summed E-state index contributed by atoms with van der Waals surface area (Å²) in [5.74, 6) is 0.583. The second-order valence-corrected chi connectivity index (χ2v) is 6.49. The highest BCUT2D eigenvalue weighted by Crippen LogP contribution is 2.18. The van der Waals surface area contributed by atoms with Crippen LogP contribution in [0.25, 0.3) is 0 Å². The molecule has 0 saturated heterocycles. The largest absolute Gasteiger partial charge is 0.369 e. The van der Waals surface area contributed by atoms with Crippen LogP contribution in [0, 0.1) is 5.92 Å². The van der Waals surface area contributed by atoms with E-state index in [1.807, 2.05) is 34.6 Å². The molecular formula is C13H26N2O2S. The van der Waals surface area contributed by atoms with Crippen molar-refractivity contribution in [3.63, 3.8) is 0 Å². The second kappa shape index (κ2) is 8.53. The van der Waals surface area contributed by atoms with E-state index in [4.69, 9.17) is 5.73 Å². The van der Waals surface area contributed by atoms with Crippen molar-refractivity contribution in [3.8, 4) is 0 Å². The molecule has 0 radical (unpaired) electrons. The van der Waals surface area contributed by atoms with Crippen LogP contribution >= 0.6 is 11.8 Å². The molecule has 0 rings (SSSR count). The maximum Gasteiger partial charge on any atom is 0.230 e. The van der Waals surface area contributed by atoms with Crippen molar-refractivity contribution in [2.45, 2.75) is 58.4 Å². The predicted molar refractivity (Wildman–Crippen MR) is 77.6 cm³/mol. The number of carbonyl (C=O) groups excluding carboxylic acids is 2. The summed E-state index contributed by atoms with van der Waals surface area (Å²) in [4.78, 5) is 23.5. The van der Waals surface area contributed by atoms with Crippen LogP contribution in [0.3, 0.4) is 0 Å². The second-order valence-electron chi connectivity index (χ2n) is 5.01. The number of hydrogen-bond acceptors (Lipinski definition) is 4. The van der Waals surface area contributed by atoms with E-state index < -0.39 is 0 Å². The van der Waals surface area contributed by atoms with Crippen LogP contribution in [0.1, 0.15) is 41.0 Å². The van der Waals surface area contributed by atoms with E-state index in [2.05, 4.69) is 5.32 Å². The first kappa shape index (κ1) is 17.4. The molecule has 0 saturated carbocycles. The van der Waals surface area contributed by atoms with Gasteiger partial charge >= 0.3 is 0 Å². The van der Waals surface area contributed by atoms with Gasteiger partial charge < -0.3 is 11.1 Å². The molecule has 0 spiro atoms. The number of ketones is 1. The number of nitrogens with one attached hydrogen (secondary N) is 1. The molecule has 0 aliphatic heterocycles. The van der Waals surface area contributed by atoms with Crippen molar-refractivity contribution < 1.29 is 9.59 Å². The normalized spacial score (nSPS) is 14.8. The molecule has 0 bridgehead atoms.